The van der Waals surface area contributed by atoms with E-state index >= 15 is 0 Å². The fourth-order valence-corrected chi connectivity index (χ4v) is 3.20. The average Bonchev–Trinajstić information content (AvgIpc) is 2.68. The van der Waals surface area contributed by atoms with Gasteiger partial charge in [0, 0.05) is 6.42 Å². The number of nitrogen functional groups attached to an aromatic ring is 1. The lowest BCUT2D eigenvalue weighted by Gasteiger charge is -2.07. The number of rotatable bonds is 16. The number of hydrogen-bond acceptors (Lipinski definition) is 3. The van der Waals surface area contributed by atoms with Crippen molar-refractivity contribution >= 4 is 17.3 Å². The smallest absolute Gasteiger partial charge is 0.224 e. The monoisotopic (exact) mass is 388 g/mol. The molecule has 1 amide bonds. The van der Waals surface area contributed by atoms with E-state index in [4.69, 9.17) is 5.73 Å². The molecule has 1 atom stereocenters. The van der Waals surface area contributed by atoms with E-state index in [0.29, 0.717) is 17.8 Å². The molecule has 1 aromatic carbocycles. The second kappa shape index (κ2) is 16.2. The first kappa shape index (κ1) is 24.2. The first-order valence-electron chi connectivity index (χ1n) is 11.1. The number of aliphatic hydroxyl groups excluding tert-OH is 1. The van der Waals surface area contributed by atoms with E-state index in [1.165, 1.54) is 32.1 Å². The highest BCUT2D eigenvalue weighted by atomic mass is 16.3. The molecule has 1 aromatic rings. The van der Waals surface area contributed by atoms with E-state index in [-0.39, 0.29) is 12.0 Å². The zero-order valence-corrected chi connectivity index (χ0v) is 17.7. The molecule has 4 N–H and O–H groups in total. The Hall–Kier alpha value is -1.81. The van der Waals surface area contributed by atoms with Crippen molar-refractivity contribution in [3.63, 3.8) is 0 Å². The van der Waals surface area contributed by atoms with E-state index in [1.807, 2.05) is 18.2 Å². The molecule has 0 aliphatic carbocycles. The molecule has 4 nitrogen and oxygen atoms in total. The van der Waals surface area contributed by atoms with Crippen molar-refractivity contribution in [1.82, 2.24) is 0 Å². The summed E-state index contributed by atoms with van der Waals surface area (Å²) >= 11 is 0. The van der Waals surface area contributed by atoms with Crippen molar-refractivity contribution in [2.24, 2.45) is 0 Å². The lowest BCUT2D eigenvalue weighted by molar-refractivity contribution is -0.116. The van der Waals surface area contributed by atoms with Crippen LogP contribution in [-0.2, 0) is 4.79 Å². The summed E-state index contributed by atoms with van der Waals surface area (Å²) in [6, 6.07) is 7.34. The Labute approximate surface area is 171 Å². The number of nitrogens with two attached hydrogens (primary N) is 1. The van der Waals surface area contributed by atoms with Gasteiger partial charge in [-0.3, -0.25) is 4.79 Å². The standard InChI is InChI=1S/C24H40N2O2/c1-2-3-4-11-16-21(27)17-12-9-7-5-6-8-10-13-20-24(28)26-23-19-15-14-18-22(23)25/h9,12,14-15,18-19,21,27H,2-8,10-11,13,16-17,20,25H2,1H3,(H,26,28)/b12-9-/t21-/m1/s1. The highest BCUT2D eigenvalue weighted by molar-refractivity contribution is 5.93. The third kappa shape index (κ3) is 12.6. The van der Waals surface area contributed by atoms with Crippen LogP contribution in [0.2, 0.25) is 0 Å². The summed E-state index contributed by atoms with van der Waals surface area (Å²) in [6.45, 7) is 2.21. The first-order valence-corrected chi connectivity index (χ1v) is 11.1. The summed E-state index contributed by atoms with van der Waals surface area (Å²) in [5.74, 6) is 0.0362. The topological polar surface area (TPSA) is 75.3 Å². The largest absolute Gasteiger partial charge is 0.397 e. The van der Waals surface area contributed by atoms with E-state index in [0.717, 1.165) is 44.9 Å². The second-order valence-corrected chi connectivity index (χ2v) is 7.65. The molecule has 0 aliphatic heterocycles. The molecule has 0 spiro atoms. The second-order valence-electron chi connectivity index (χ2n) is 7.65. The number of hydrogen-bond donors (Lipinski definition) is 3. The lowest BCUT2D eigenvalue weighted by atomic mass is 10.1. The van der Waals surface area contributed by atoms with E-state index in [1.54, 1.807) is 6.07 Å². The molecule has 0 radical (unpaired) electrons. The highest BCUT2D eigenvalue weighted by Crippen LogP contribution is 2.17. The van der Waals surface area contributed by atoms with Crippen molar-refractivity contribution in [3.05, 3.63) is 36.4 Å². The molecular weight excluding hydrogens is 348 g/mol. The van der Waals surface area contributed by atoms with Crippen molar-refractivity contribution in [2.75, 3.05) is 11.1 Å². The summed E-state index contributed by atoms with van der Waals surface area (Å²) in [5.41, 5.74) is 7.13. The third-order valence-corrected chi connectivity index (χ3v) is 4.98. The summed E-state index contributed by atoms with van der Waals surface area (Å²) in [4.78, 5) is 11.9. The number of carbonyl (C=O) groups excluding carboxylic acids is 1. The maximum absolute atomic E-state index is 11.9. The van der Waals surface area contributed by atoms with Gasteiger partial charge in [-0.05, 0) is 44.2 Å². The minimum atomic E-state index is -0.175. The molecule has 1 rings (SSSR count). The van der Waals surface area contributed by atoms with E-state index < -0.39 is 0 Å². The van der Waals surface area contributed by atoms with Crippen LogP contribution in [0.5, 0.6) is 0 Å². The zero-order valence-electron chi connectivity index (χ0n) is 17.7. The molecule has 0 saturated carbocycles. The predicted octanol–water partition coefficient (Wildman–Crippen LogP) is 6.22. The van der Waals surface area contributed by atoms with Crippen LogP contribution >= 0.6 is 0 Å². The zero-order chi connectivity index (χ0) is 20.5. The molecule has 0 aliphatic rings. The number of nitrogens with one attached hydrogen (secondary N) is 1. The lowest BCUT2D eigenvalue weighted by Crippen LogP contribution is -2.12. The van der Waals surface area contributed by atoms with Crippen LogP contribution in [0.4, 0.5) is 11.4 Å². The molecule has 0 fully saturated rings. The van der Waals surface area contributed by atoms with Gasteiger partial charge in [0.1, 0.15) is 0 Å². The Balaban J connectivity index is 1.93. The molecule has 0 unspecified atom stereocenters. The van der Waals surface area contributed by atoms with Crippen LogP contribution in [0.3, 0.4) is 0 Å². The summed E-state index contributed by atoms with van der Waals surface area (Å²) in [5, 5.41) is 12.8. The van der Waals surface area contributed by atoms with Gasteiger partial charge in [-0.15, -0.1) is 0 Å². The Bertz CT molecular complexity index is 557. The van der Waals surface area contributed by atoms with Crippen LogP contribution in [0.1, 0.15) is 90.4 Å². The summed E-state index contributed by atoms with van der Waals surface area (Å²) in [7, 11) is 0. The summed E-state index contributed by atoms with van der Waals surface area (Å²) < 4.78 is 0. The molecule has 158 valence electrons. The van der Waals surface area contributed by atoms with E-state index in [2.05, 4.69) is 24.4 Å². The summed E-state index contributed by atoms with van der Waals surface area (Å²) in [6.07, 6.45) is 17.9. The normalized spacial score (nSPS) is 12.4. The number of amides is 1. The minimum absolute atomic E-state index is 0.0362. The Morgan fingerprint density at radius 3 is 2.54 bits per heavy atom. The number of aliphatic hydroxyl groups is 1. The average molecular weight is 389 g/mol. The number of carbonyl (C=O) groups is 1. The van der Waals surface area contributed by atoms with Gasteiger partial charge in [0.05, 0.1) is 17.5 Å². The Kier molecular flexibility index (Phi) is 14.0. The van der Waals surface area contributed by atoms with Crippen LogP contribution in [-0.4, -0.2) is 17.1 Å². The fourth-order valence-electron chi connectivity index (χ4n) is 3.20. The molecule has 0 heterocycles. The minimum Gasteiger partial charge on any atom is -0.397 e. The molecular formula is C24H40N2O2. The fraction of sp³-hybridized carbons (Fsp3) is 0.625. The third-order valence-electron chi connectivity index (χ3n) is 4.98. The van der Waals surface area contributed by atoms with E-state index in [9.17, 15) is 9.90 Å². The van der Waals surface area contributed by atoms with Crippen molar-refractivity contribution in [1.29, 1.82) is 0 Å². The molecule has 0 aromatic heterocycles. The number of unbranched alkanes of at least 4 members (excludes halogenated alkanes) is 8. The van der Waals surface area contributed by atoms with Gasteiger partial charge in [-0.2, -0.15) is 0 Å². The Morgan fingerprint density at radius 1 is 1.04 bits per heavy atom. The van der Waals surface area contributed by atoms with Gasteiger partial charge in [-0.1, -0.05) is 76.2 Å². The molecule has 0 bridgehead atoms. The van der Waals surface area contributed by atoms with Gasteiger partial charge in [0.2, 0.25) is 5.91 Å². The molecule has 28 heavy (non-hydrogen) atoms. The Morgan fingerprint density at radius 2 is 1.75 bits per heavy atom. The van der Waals surface area contributed by atoms with Crippen molar-refractivity contribution in [2.45, 2.75) is 96.5 Å². The van der Waals surface area contributed by atoms with Gasteiger partial charge < -0.3 is 16.2 Å². The van der Waals surface area contributed by atoms with Crippen molar-refractivity contribution < 1.29 is 9.90 Å². The number of anilines is 2. The van der Waals surface area contributed by atoms with Gasteiger partial charge >= 0.3 is 0 Å². The highest BCUT2D eigenvalue weighted by Gasteiger charge is 2.04. The maximum atomic E-state index is 11.9. The molecule has 4 heteroatoms. The van der Waals surface area contributed by atoms with Gasteiger partial charge in [-0.25, -0.2) is 0 Å². The SMILES string of the molecule is CCCCCC[C@@H](O)C/C=C\CCCCCCCC(=O)Nc1ccccc1N. The van der Waals surface area contributed by atoms with Crippen molar-refractivity contribution in [3.8, 4) is 0 Å². The number of para-hydroxylation sites is 2. The number of benzene rings is 1. The van der Waals surface area contributed by atoms with Crippen LogP contribution in [0, 0.1) is 0 Å². The number of allylic oxidation sites excluding steroid dienone is 1. The van der Waals surface area contributed by atoms with Crippen LogP contribution in [0.25, 0.3) is 0 Å². The van der Waals surface area contributed by atoms with Gasteiger partial charge in [0.25, 0.3) is 0 Å². The first-order chi connectivity index (χ1) is 13.6. The molecule has 0 saturated heterocycles. The maximum Gasteiger partial charge on any atom is 0.224 e. The van der Waals surface area contributed by atoms with Crippen LogP contribution < -0.4 is 11.1 Å². The van der Waals surface area contributed by atoms with Crippen LogP contribution in [0.15, 0.2) is 36.4 Å². The quantitative estimate of drug-likeness (QED) is 0.179. The predicted molar refractivity (Wildman–Crippen MR) is 120 cm³/mol. The van der Waals surface area contributed by atoms with Gasteiger partial charge in [0.15, 0.2) is 0 Å².